The second kappa shape index (κ2) is 10.7. The predicted octanol–water partition coefficient (Wildman–Crippen LogP) is 2.38. The molecule has 0 radical (unpaired) electrons. The van der Waals surface area contributed by atoms with Crippen molar-refractivity contribution < 1.29 is 14.3 Å². The van der Waals surface area contributed by atoms with Gasteiger partial charge >= 0.3 is 0 Å². The average Bonchev–Trinajstić information content (AvgIpc) is 3.19. The first kappa shape index (κ1) is 25.1. The first-order valence-corrected chi connectivity index (χ1v) is 12.0. The van der Waals surface area contributed by atoms with E-state index in [1.165, 1.54) is 19.4 Å². The number of ether oxygens (including phenoxy) is 1. The second-order valence-electron chi connectivity index (χ2n) is 9.41. The normalized spacial score (nSPS) is 20.3. The first-order valence-electron chi connectivity index (χ1n) is 12.0. The maximum Gasteiger partial charge on any atom is 0.254 e. The summed E-state index contributed by atoms with van der Waals surface area (Å²) in [5.41, 5.74) is 8.22. The number of nitriles is 1. The number of nitrogens with two attached hydrogens (primary N) is 1. The first-order chi connectivity index (χ1) is 17.3. The van der Waals surface area contributed by atoms with E-state index in [1.807, 2.05) is 48.2 Å². The molecule has 1 saturated carbocycles. The number of carbonyl (C=O) groups excluding carboxylic acids is 2. The molecule has 2 aliphatic rings. The van der Waals surface area contributed by atoms with E-state index in [0.29, 0.717) is 18.1 Å². The van der Waals surface area contributed by atoms with E-state index in [2.05, 4.69) is 15.3 Å². The maximum absolute atomic E-state index is 13.5. The predicted molar refractivity (Wildman–Crippen MR) is 134 cm³/mol. The number of hydrogen-bond acceptors (Lipinski definition) is 8. The van der Waals surface area contributed by atoms with Gasteiger partial charge in [-0.05, 0) is 57.0 Å². The Morgan fingerprint density at radius 1 is 1.39 bits per heavy atom. The number of anilines is 1. The third kappa shape index (κ3) is 5.31. The molecule has 2 heterocycles. The van der Waals surface area contributed by atoms with Crippen molar-refractivity contribution in [3.8, 4) is 11.9 Å². The SMILES string of the molecule is COc1nc(N[C@@H]2CCC[C@H](N3Cc4ccc(C(C=CC(N)=O)N(C)C)cc4C3=O)C2)ncc1C#N. The van der Waals surface area contributed by atoms with Crippen molar-refractivity contribution >= 4 is 17.8 Å². The molecule has 0 saturated heterocycles. The number of amides is 2. The molecule has 10 heteroatoms. The lowest BCUT2D eigenvalue weighted by Gasteiger charge is -2.35. The molecule has 2 aromatic rings. The highest BCUT2D eigenvalue weighted by molar-refractivity contribution is 5.98. The van der Waals surface area contributed by atoms with E-state index in [9.17, 15) is 9.59 Å². The molecule has 188 valence electrons. The van der Waals surface area contributed by atoms with Crippen LogP contribution in [0.5, 0.6) is 5.88 Å². The highest BCUT2D eigenvalue weighted by atomic mass is 16.5. The summed E-state index contributed by atoms with van der Waals surface area (Å²) in [6, 6.07) is 7.99. The van der Waals surface area contributed by atoms with E-state index in [0.717, 1.165) is 36.8 Å². The van der Waals surface area contributed by atoms with Crippen LogP contribution in [-0.2, 0) is 11.3 Å². The van der Waals surface area contributed by atoms with Crippen LogP contribution in [0.3, 0.4) is 0 Å². The van der Waals surface area contributed by atoms with Gasteiger partial charge < -0.3 is 20.7 Å². The van der Waals surface area contributed by atoms with Gasteiger partial charge in [-0.2, -0.15) is 10.2 Å². The Morgan fingerprint density at radius 2 is 2.19 bits per heavy atom. The quantitative estimate of drug-likeness (QED) is 0.539. The maximum atomic E-state index is 13.5. The summed E-state index contributed by atoms with van der Waals surface area (Å²) in [5.74, 6) is 0.182. The summed E-state index contributed by atoms with van der Waals surface area (Å²) in [6.07, 6.45) is 8.18. The van der Waals surface area contributed by atoms with Crippen LogP contribution < -0.4 is 15.8 Å². The third-order valence-electron chi connectivity index (χ3n) is 6.79. The fraction of sp³-hybridized carbons (Fsp3) is 0.423. The Bertz CT molecular complexity index is 1220. The number of primary amides is 1. The van der Waals surface area contributed by atoms with E-state index >= 15 is 0 Å². The van der Waals surface area contributed by atoms with Gasteiger partial charge in [-0.15, -0.1) is 0 Å². The highest BCUT2D eigenvalue weighted by Crippen LogP contribution is 2.34. The minimum atomic E-state index is -0.504. The minimum absolute atomic E-state index is 0.0326. The van der Waals surface area contributed by atoms with Gasteiger partial charge in [0.2, 0.25) is 17.7 Å². The fourth-order valence-electron chi connectivity index (χ4n) is 5.02. The van der Waals surface area contributed by atoms with Gasteiger partial charge in [-0.1, -0.05) is 18.2 Å². The zero-order valence-electron chi connectivity index (χ0n) is 20.8. The van der Waals surface area contributed by atoms with Gasteiger partial charge in [0, 0.05) is 30.3 Å². The Hall–Kier alpha value is -3.97. The fourth-order valence-corrected chi connectivity index (χ4v) is 5.02. The molecular formula is C26H31N7O3. The lowest BCUT2D eigenvalue weighted by Crippen LogP contribution is -2.42. The van der Waals surface area contributed by atoms with E-state index < -0.39 is 5.91 Å². The lowest BCUT2D eigenvalue weighted by atomic mass is 9.90. The largest absolute Gasteiger partial charge is 0.480 e. The molecule has 4 rings (SSSR count). The van der Waals surface area contributed by atoms with Crippen molar-refractivity contribution in [2.45, 2.75) is 50.4 Å². The van der Waals surface area contributed by atoms with Gasteiger partial charge in [-0.25, -0.2) is 4.98 Å². The van der Waals surface area contributed by atoms with E-state index in [-0.39, 0.29) is 35.5 Å². The second-order valence-corrected chi connectivity index (χ2v) is 9.41. The molecule has 1 aromatic carbocycles. The molecule has 3 N–H and O–H groups in total. The highest BCUT2D eigenvalue weighted by Gasteiger charge is 2.36. The number of hydrogen-bond donors (Lipinski definition) is 2. The molecule has 1 aliphatic heterocycles. The number of likely N-dealkylation sites (N-methyl/N-ethyl adjacent to an activating group) is 1. The van der Waals surface area contributed by atoms with Crippen LogP contribution >= 0.6 is 0 Å². The number of rotatable bonds is 8. The number of nitrogens with zero attached hydrogens (tertiary/aromatic N) is 5. The van der Waals surface area contributed by atoms with Crippen LogP contribution in [-0.4, -0.2) is 64.9 Å². The van der Waals surface area contributed by atoms with Crippen molar-refractivity contribution in [3.63, 3.8) is 0 Å². The Morgan fingerprint density at radius 3 is 2.89 bits per heavy atom. The van der Waals surface area contributed by atoms with Gasteiger partial charge in [0.25, 0.3) is 5.91 Å². The van der Waals surface area contributed by atoms with Gasteiger partial charge in [0.05, 0.1) is 19.3 Å². The lowest BCUT2D eigenvalue weighted by molar-refractivity contribution is -0.113. The topological polar surface area (TPSA) is 137 Å². The average molecular weight is 490 g/mol. The number of carbonyl (C=O) groups is 2. The number of fused-ring (bicyclic) bond motifs is 1. The van der Waals surface area contributed by atoms with Crippen molar-refractivity contribution in [1.82, 2.24) is 19.8 Å². The summed E-state index contributed by atoms with van der Waals surface area (Å²) in [4.78, 5) is 37.2. The van der Waals surface area contributed by atoms with E-state index in [4.69, 9.17) is 15.7 Å². The van der Waals surface area contributed by atoms with Crippen LogP contribution in [0.2, 0.25) is 0 Å². The van der Waals surface area contributed by atoms with Crippen molar-refractivity contribution in [3.05, 3.63) is 58.8 Å². The number of aromatic nitrogens is 2. The summed E-state index contributed by atoms with van der Waals surface area (Å²) in [7, 11) is 5.31. The van der Waals surface area contributed by atoms with Gasteiger partial charge in [0.1, 0.15) is 11.6 Å². The molecule has 0 bridgehead atoms. The molecule has 2 amide bonds. The molecule has 0 spiro atoms. The van der Waals surface area contributed by atoms with Crippen molar-refractivity contribution in [1.29, 1.82) is 5.26 Å². The zero-order valence-corrected chi connectivity index (χ0v) is 20.8. The monoisotopic (exact) mass is 489 g/mol. The number of nitrogens with one attached hydrogen (secondary N) is 1. The number of benzene rings is 1. The minimum Gasteiger partial charge on any atom is -0.480 e. The van der Waals surface area contributed by atoms with Crippen LogP contribution in [0.25, 0.3) is 0 Å². The standard InChI is InChI=1S/C26H31N7O3/c1-32(2)22(9-10-23(28)34)16-7-8-17-15-33(25(35)21(17)11-16)20-6-4-5-19(12-20)30-26-29-14-18(13-27)24(31-26)36-3/h7-11,14,19-20,22H,4-6,12,15H2,1-3H3,(H2,28,34)(H,29,30,31)/t19-,20+,22?/m1/s1. The molecule has 1 aliphatic carbocycles. The van der Waals surface area contributed by atoms with E-state index in [1.54, 1.807) is 6.08 Å². The molecule has 1 aromatic heterocycles. The van der Waals surface area contributed by atoms with Crippen molar-refractivity contribution in [2.24, 2.45) is 5.73 Å². The van der Waals surface area contributed by atoms with Crippen LogP contribution in [0.15, 0.2) is 36.5 Å². The third-order valence-corrected chi connectivity index (χ3v) is 6.79. The smallest absolute Gasteiger partial charge is 0.254 e. The Labute approximate surface area is 210 Å². The summed E-state index contributed by atoms with van der Waals surface area (Å²) in [6.45, 7) is 0.580. The summed E-state index contributed by atoms with van der Waals surface area (Å²) in [5, 5.41) is 12.5. The number of methoxy groups -OCH3 is 1. The van der Waals surface area contributed by atoms with Gasteiger partial charge in [-0.3, -0.25) is 14.5 Å². The Kier molecular flexibility index (Phi) is 7.50. The summed E-state index contributed by atoms with van der Waals surface area (Å²) < 4.78 is 5.19. The van der Waals surface area contributed by atoms with Crippen molar-refractivity contribution in [2.75, 3.05) is 26.5 Å². The van der Waals surface area contributed by atoms with Crippen LogP contribution in [0, 0.1) is 11.3 Å². The molecule has 1 fully saturated rings. The molecule has 1 unspecified atom stereocenters. The van der Waals surface area contributed by atoms with Gasteiger partial charge in [0.15, 0.2) is 0 Å². The summed E-state index contributed by atoms with van der Waals surface area (Å²) >= 11 is 0. The van der Waals surface area contributed by atoms with Crippen LogP contribution in [0.4, 0.5) is 5.95 Å². The Balaban J connectivity index is 1.47. The molecule has 10 nitrogen and oxygen atoms in total. The van der Waals surface area contributed by atoms with Crippen LogP contribution in [0.1, 0.15) is 58.8 Å². The molecular weight excluding hydrogens is 458 g/mol. The zero-order chi connectivity index (χ0) is 25.8. The molecule has 36 heavy (non-hydrogen) atoms. The molecule has 3 atom stereocenters.